The van der Waals surface area contributed by atoms with Gasteiger partial charge in [0.05, 0.1) is 24.6 Å². The quantitative estimate of drug-likeness (QED) is 0.756. The van der Waals surface area contributed by atoms with E-state index in [0.717, 1.165) is 0 Å². The fourth-order valence-electron chi connectivity index (χ4n) is 3.28. The van der Waals surface area contributed by atoms with Gasteiger partial charge in [-0.1, -0.05) is 0 Å². The number of hydrogen-bond donors (Lipinski definition) is 0. The number of carbonyl (C=O) groups excluding carboxylic acids is 3. The normalized spacial score (nSPS) is 14.2. The van der Waals surface area contributed by atoms with Gasteiger partial charge in [-0.3, -0.25) is 14.4 Å². The Morgan fingerprint density at radius 3 is 2.32 bits per heavy atom. The van der Waals surface area contributed by atoms with Gasteiger partial charge in [-0.25, -0.2) is 0 Å². The molecule has 150 valence electrons. The highest BCUT2D eigenvalue weighted by Gasteiger charge is 2.25. The zero-order valence-corrected chi connectivity index (χ0v) is 16.2. The molecule has 1 aliphatic heterocycles. The Morgan fingerprint density at radius 2 is 1.75 bits per heavy atom. The Balaban J connectivity index is 1.61. The SMILES string of the molecule is CC(=O)N1CCN(C(=O)CCN(Cc2ccco2)C(=O)c2ccoc2C)CC1. The van der Waals surface area contributed by atoms with E-state index in [9.17, 15) is 14.4 Å². The number of carbonyl (C=O) groups is 3. The van der Waals surface area contributed by atoms with Crippen LogP contribution in [0, 0.1) is 6.92 Å². The van der Waals surface area contributed by atoms with Gasteiger partial charge in [-0.05, 0) is 25.1 Å². The Labute approximate surface area is 163 Å². The summed E-state index contributed by atoms with van der Waals surface area (Å²) in [5.74, 6) is 0.997. The second kappa shape index (κ2) is 8.77. The summed E-state index contributed by atoms with van der Waals surface area (Å²) in [6.07, 6.45) is 3.25. The van der Waals surface area contributed by atoms with Crippen LogP contribution in [0.3, 0.4) is 0 Å². The average Bonchev–Trinajstić information content (AvgIpc) is 3.36. The minimum atomic E-state index is -0.197. The molecular weight excluding hydrogens is 362 g/mol. The van der Waals surface area contributed by atoms with Crippen LogP contribution in [-0.4, -0.2) is 65.1 Å². The first-order valence-electron chi connectivity index (χ1n) is 9.34. The van der Waals surface area contributed by atoms with Crippen LogP contribution in [0.5, 0.6) is 0 Å². The van der Waals surface area contributed by atoms with Gasteiger partial charge in [0.25, 0.3) is 5.91 Å². The molecule has 0 saturated carbocycles. The van der Waals surface area contributed by atoms with Gasteiger partial charge in [-0.2, -0.15) is 0 Å². The minimum Gasteiger partial charge on any atom is -0.469 e. The molecule has 1 aliphatic rings. The van der Waals surface area contributed by atoms with E-state index in [4.69, 9.17) is 8.83 Å². The number of aryl methyl sites for hydroxylation is 1. The molecule has 0 bridgehead atoms. The first kappa shape index (κ1) is 19.7. The highest BCUT2D eigenvalue weighted by Crippen LogP contribution is 2.16. The van der Waals surface area contributed by atoms with E-state index >= 15 is 0 Å². The molecule has 0 atom stereocenters. The lowest BCUT2D eigenvalue weighted by Gasteiger charge is -2.34. The smallest absolute Gasteiger partial charge is 0.257 e. The fraction of sp³-hybridized carbons (Fsp3) is 0.450. The molecule has 8 nitrogen and oxygen atoms in total. The highest BCUT2D eigenvalue weighted by atomic mass is 16.3. The molecule has 3 heterocycles. The summed E-state index contributed by atoms with van der Waals surface area (Å²) in [5.41, 5.74) is 0.481. The summed E-state index contributed by atoms with van der Waals surface area (Å²) >= 11 is 0. The fourth-order valence-corrected chi connectivity index (χ4v) is 3.28. The van der Waals surface area contributed by atoms with Crippen molar-refractivity contribution in [2.45, 2.75) is 26.8 Å². The van der Waals surface area contributed by atoms with Gasteiger partial charge in [-0.15, -0.1) is 0 Å². The Morgan fingerprint density at radius 1 is 1.04 bits per heavy atom. The summed E-state index contributed by atoms with van der Waals surface area (Å²) in [4.78, 5) is 42.0. The lowest BCUT2D eigenvalue weighted by molar-refractivity contribution is -0.138. The molecule has 1 saturated heterocycles. The van der Waals surface area contributed by atoms with Gasteiger partial charge in [0.15, 0.2) is 0 Å². The molecule has 0 unspecified atom stereocenters. The summed E-state index contributed by atoms with van der Waals surface area (Å²) in [7, 11) is 0. The molecule has 0 N–H and O–H groups in total. The summed E-state index contributed by atoms with van der Waals surface area (Å²) in [6, 6.07) is 5.20. The standard InChI is InChI=1S/C20H25N3O5/c1-15-18(6-13-27-15)20(26)23(14-17-4-3-12-28-17)7-5-19(25)22-10-8-21(9-11-22)16(2)24/h3-4,6,12-13H,5,7-11,14H2,1-2H3. The van der Waals surface area contributed by atoms with Gasteiger partial charge in [0.1, 0.15) is 11.5 Å². The van der Waals surface area contributed by atoms with Gasteiger partial charge >= 0.3 is 0 Å². The molecule has 2 aromatic heterocycles. The number of rotatable bonds is 6. The highest BCUT2D eigenvalue weighted by molar-refractivity contribution is 5.95. The van der Waals surface area contributed by atoms with Crippen molar-refractivity contribution in [1.82, 2.24) is 14.7 Å². The van der Waals surface area contributed by atoms with Crippen molar-refractivity contribution in [3.8, 4) is 0 Å². The topological polar surface area (TPSA) is 87.2 Å². The van der Waals surface area contributed by atoms with Crippen molar-refractivity contribution < 1.29 is 23.2 Å². The first-order valence-corrected chi connectivity index (χ1v) is 9.34. The maximum Gasteiger partial charge on any atom is 0.257 e. The van der Waals surface area contributed by atoms with Gasteiger partial charge in [0.2, 0.25) is 11.8 Å². The molecule has 2 aromatic rings. The van der Waals surface area contributed by atoms with Crippen LogP contribution in [0.2, 0.25) is 0 Å². The number of piperazine rings is 1. The van der Waals surface area contributed by atoms with E-state index < -0.39 is 0 Å². The van der Waals surface area contributed by atoms with Crippen molar-refractivity contribution in [3.63, 3.8) is 0 Å². The monoisotopic (exact) mass is 387 g/mol. The Kier molecular flexibility index (Phi) is 6.18. The van der Waals surface area contributed by atoms with Crippen molar-refractivity contribution in [2.75, 3.05) is 32.7 Å². The van der Waals surface area contributed by atoms with Gasteiger partial charge in [0, 0.05) is 46.1 Å². The predicted octanol–water partition coefficient (Wildman–Crippen LogP) is 1.90. The minimum absolute atomic E-state index is 0.0237. The van der Waals surface area contributed by atoms with Crippen molar-refractivity contribution >= 4 is 17.7 Å². The summed E-state index contributed by atoms with van der Waals surface area (Å²) < 4.78 is 10.6. The van der Waals surface area contributed by atoms with E-state index in [1.54, 1.807) is 46.1 Å². The van der Waals surface area contributed by atoms with E-state index in [-0.39, 0.29) is 37.2 Å². The van der Waals surface area contributed by atoms with Crippen LogP contribution < -0.4 is 0 Å². The molecule has 28 heavy (non-hydrogen) atoms. The molecule has 1 fully saturated rings. The molecule has 0 radical (unpaired) electrons. The number of hydrogen-bond acceptors (Lipinski definition) is 5. The van der Waals surface area contributed by atoms with E-state index in [2.05, 4.69) is 0 Å². The van der Waals surface area contributed by atoms with E-state index in [1.807, 2.05) is 0 Å². The van der Waals surface area contributed by atoms with Crippen molar-refractivity contribution in [1.29, 1.82) is 0 Å². The predicted molar refractivity (Wildman–Crippen MR) is 100 cm³/mol. The Hall–Kier alpha value is -3.03. The molecule has 0 aliphatic carbocycles. The maximum absolute atomic E-state index is 12.9. The molecule has 0 spiro atoms. The summed E-state index contributed by atoms with van der Waals surface area (Å²) in [5, 5.41) is 0. The second-order valence-corrected chi connectivity index (χ2v) is 6.83. The van der Waals surface area contributed by atoms with Crippen LogP contribution in [-0.2, 0) is 16.1 Å². The molecule has 3 amide bonds. The summed E-state index contributed by atoms with van der Waals surface area (Å²) in [6.45, 7) is 5.95. The molecular formula is C20H25N3O5. The molecule has 3 rings (SSSR count). The lowest BCUT2D eigenvalue weighted by Crippen LogP contribution is -2.50. The molecule has 8 heteroatoms. The largest absolute Gasteiger partial charge is 0.469 e. The van der Waals surface area contributed by atoms with Crippen LogP contribution in [0.15, 0.2) is 39.6 Å². The van der Waals surface area contributed by atoms with Crippen LogP contribution in [0.25, 0.3) is 0 Å². The maximum atomic E-state index is 12.9. The third-order valence-corrected chi connectivity index (χ3v) is 4.98. The first-order chi connectivity index (χ1) is 13.5. The van der Waals surface area contributed by atoms with Crippen LogP contribution >= 0.6 is 0 Å². The van der Waals surface area contributed by atoms with E-state index in [0.29, 0.717) is 43.3 Å². The zero-order valence-electron chi connectivity index (χ0n) is 16.2. The average molecular weight is 387 g/mol. The second-order valence-electron chi connectivity index (χ2n) is 6.83. The third-order valence-electron chi connectivity index (χ3n) is 4.98. The number of furan rings is 2. The lowest BCUT2D eigenvalue weighted by atomic mass is 10.2. The van der Waals surface area contributed by atoms with Gasteiger partial charge < -0.3 is 23.5 Å². The Bertz CT molecular complexity index is 819. The number of nitrogens with zero attached hydrogens (tertiary/aromatic N) is 3. The van der Waals surface area contributed by atoms with Crippen LogP contribution in [0.1, 0.15) is 35.2 Å². The van der Waals surface area contributed by atoms with E-state index in [1.165, 1.54) is 13.2 Å². The molecule has 0 aromatic carbocycles. The van der Waals surface area contributed by atoms with Crippen LogP contribution in [0.4, 0.5) is 0 Å². The zero-order chi connectivity index (χ0) is 20.1. The third kappa shape index (κ3) is 4.62. The van der Waals surface area contributed by atoms with Crippen molar-refractivity contribution in [3.05, 3.63) is 47.8 Å². The van der Waals surface area contributed by atoms with Crippen molar-refractivity contribution in [2.24, 2.45) is 0 Å². The number of amides is 3.